The first-order valence-corrected chi connectivity index (χ1v) is 10.4. The van der Waals surface area contributed by atoms with Crippen LogP contribution in [-0.4, -0.2) is 51.7 Å². The number of halogens is 1. The number of rotatable bonds is 6. The summed E-state index contributed by atoms with van der Waals surface area (Å²) in [5.74, 6) is 0.667. The first kappa shape index (κ1) is 20.4. The summed E-state index contributed by atoms with van der Waals surface area (Å²) >= 11 is 5.90. The van der Waals surface area contributed by atoms with Gasteiger partial charge in [-0.1, -0.05) is 35.9 Å². The second kappa shape index (κ2) is 9.32. The minimum absolute atomic E-state index is 0.0113. The Morgan fingerprint density at radius 1 is 1.03 bits per heavy atom. The molecule has 1 aromatic heterocycles. The van der Waals surface area contributed by atoms with Crippen LogP contribution in [0.1, 0.15) is 21.6 Å². The third kappa shape index (κ3) is 4.83. The van der Waals surface area contributed by atoms with Crippen molar-refractivity contribution in [1.29, 1.82) is 0 Å². The van der Waals surface area contributed by atoms with Crippen molar-refractivity contribution in [1.82, 2.24) is 19.6 Å². The molecule has 1 saturated heterocycles. The average molecular weight is 425 g/mol. The van der Waals surface area contributed by atoms with Crippen LogP contribution in [0.4, 0.5) is 0 Å². The van der Waals surface area contributed by atoms with Crippen molar-refractivity contribution < 1.29 is 9.53 Å². The Morgan fingerprint density at radius 3 is 2.50 bits per heavy atom. The van der Waals surface area contributed by atoms with Crippen LogP contribution in [0, 0.1) is 6.92 Å². The van der Waals surface area contributed by atoms with E-state index >= 15 is 0 Å². The summed E-state index contributed by atoms with van der Waals surface area (Å²) in [6, 6.07) is 17.3. The fraction of sp³-hybridized carbons (Fsp3) is 0.304. The zero-order valence-corrected chi connectivity index (χ0v) is 17.8. The van der Waals surface area contributed by atoms with Gasteiger partial charge < -0.3 is 9.64 Å². The molecule has 0 spiro atoms. The average Bonchev–Trinajstić information content (AvgIpc) is 3.24. The highest BCUT2D eigenvalue weighted by atomic mass is 35.5. The number of benzene rings is 2. The maximum Gasteiger partial charge on any atom is 0.272 e. The van der Waals surface area contributed by atoms with Crippen molar-refractivity contribution in [2.75, 3.05) is 26.2 Å². The van der Waals surface area contributed by atoms with E-state index in [-0.39, 0.29) is 12.6 Å². The molecule has 0 N–H and O–H groups in total. The topological polar surface area (TPSA) is 50.6 Å². The third-order valence-electron chi connectivity index (χ3n) is 5.42. The number of nitrogens with zero attached hydrogens (tertiary/aromatic N) is 4. The predicted molar refractivity (Wildman–Crippen MR) is 117 cm³/mol. The van der Waals surface area contributed by atoms with Crippen molar-refractivity contribution in [3.8, 4) is 5.75 Å². The molecule has 1 fully saturated rings. The highest BCUT2D eigenvalue weighted by Gasteiger charge is 2.24. The molecule has 30 heavy (non-hydrogen) atoms. The molecule has 0 radical (unpaired) electrons. The molecule has 0 saturated carbocycles. The van der Waals surface area contributed by atoms with Gasteiger partial charge in [0, 0.05) is 43.9 Å². The first-order chi connectivity index (χ1) is 14.6. The Bertz CT molecular complexity index is 994. The molecular weight excluding hydrogens is 400 g/mol. The van der Waals surface area contributed by atoms with Gasteiger partial charge in [0.15, 0.2) is 6.73 Å². The Morgan fingerprint density at radius 2 is 1.77 bits per heavy atom. The Kier molecular flexibility index (Phi) is 6.35. The lowest BCUT2D eigenvalue weighted by atomic mass is 10.1. The number of amides is 1. The summed E-state index contributed by atoms with van der Waals surface area (Å²) < 4.78 is 7.33. The van der Waals surface area contributed by atoms with Crippen LogP contribution in [-0.2, 0) is 13.3 Å². The van der Waals surface area contributed by atoms with Gasteiger partial charge in [-0.2, -0.15) is 5.10 Å². The van der Waals surface area contributed by atoms with Crippen molar-refractivity contribution in [2.45, 2.75) is 20.2 Å². The summed E-state index contributed by atoms with van der Waals surface area (Å²) in [6.07, 6.45) is 1.63. The monoisotopic (exact) mass is 424 g/mol. The molecule has 1 aliphatic heterocycles. The van der Waals surface area contributed by atoms with Gasteiger partial charge in [-0.05, 0) is 48.4 Å². The van der Waals surface area contributed by atoms with Gasteiger partial charge in [0.1, 0.15) is 11.4 Å². The molecule has 0 unspecified atom stereocenters. The number of piperazine rings is 1. The van der Waals surface area contributed by atoms with Crippen molar-refractivity contribution in [3.05, 3.63) is 82.6 Å². The van der Waals surface area contributed by atoms with Gasteiger partial charge >= 0.3 is 0 Å². The van der Waals surface area contributed by atoms with Crippen LogP contribution in [0.25, 0.3) is 0 Å². The summed E-state index contributed by atoms with van der Waals surface area (Å²) in [6.45, 7) is 6.35. The van der Waals surface area contributed by atoms with Crippen LogP contribution < -0.4 is 4.74 Å². The first-order valence-electron chi connectivity index (χ1n) is 10.1. The molecule has 7 heteroatoms. The fourth-order valence-corrected chi connectivity index (χ4v) is 3.71. The number of aromatic nitrogens is 2. The van der Waals surface area contributed by atoms with E-state index in [0.717, 1.165) is 19.6 Å². The summed E-state index contributed by atoms with van der Waals surface area (Å²) in [4.78, 5) is 17.3. The molecule has 0 atom stereocenters. The molecule has 1 amide bonds. The van der Waals surface area contributed by atoms with Gasteiger partial charge in [-0.25, -0.2) is 4.68 Å². The maximum absolute atomic E-state index is 13.0. The number of ether oxygens (including phenoxy) is 1. The Balaban J connectivity index is 1.33. The maximum atomic E-state index is 13.0. The van der Waals surface area contributed by atoms with Gasteiger partial charge in [-0.15, -0.1) is 0 Å². The van der Waals surface area contributed by atoms with Crippen molar-refractivity contribution in [2.24, 2.45) is 0 Å². The van der Waals surface area contributed by atoms with E-state index in [2.05, 4.69) is 41.2 Å². The minimum atomic E-state index is -0.0113. The molecule has 156 valence electrons. The van der Waals surface area contributed by atoms with Crippen LogP contribution in [0.2, 0.25) is 5.02 Å². The lowest BCUT2D eigenvalue weighted by Gasteiger charge is -2.35. The Labute approximate surface area is 181 Å². The molecule has 0 aliphatic carbocycles. The lowest BCUT2D eigenvalue weighted by molar-refractivity contribution is 0.0607. The SMILES string of the molecule is Cc1ccccc1CN1CCN(C(=O)c2ccnn2COc2ccc(Cl)cc2)CC1. The number of carbonyl (C=O) groups is 1. The number of hydrogen-bond donors (Lipinski definition) is 0. The summed E-state index contributed by atoms with van der Waals surface area (Å²) in [5, 5.41) is 4.90. The van der Waals surface area contributed by atoms with Crippen molar-refractivity contribution >= 4 is 17.5 Å². The van der Waals surface area contributed by atoms with E-state index in [1.54, 1.807) is 41.2 Å². The second-order valence-electron chi connectivity index (χ2n) is 7.44. The highest BCUT2D eigenvalue weighted by molar-refractivity contribution is 6.30. The molecule has 2 heterocycles. The van der Waals surface area contributed by atoms with Gasteiger partial charge in [-0.3, -0.25) is 9.69 Å². The van der Waals surface area contributed by atoms with Gasteiger partial charge in [0.2, 0.25) is 0 Å². The molecule has 2 aromatic carbocycles. The van der Waals surface area contributed by atoms with E-state index in [9.17, 15) is 4.79 Å². The molecule has 6 nitrogen and oxygen atoms in total. The number of aryl methyl sites for hydroxylation is 1. The molecule has 0 bridgehead atoms. The fourth-order valence-electron chi connectivity index (χ4n) is 3.58. The van der Waals surface area contributed by atoms with Crippen LogP contribution in [0.15, 0.2) is 60.8 Å². The molecule has 3 aromatic rings. The van der Waals surface area contributed by atoms with E-state index in [1.807, 2.05) is 4.90 Å². The molecule has 1 aliphatic rings. The zero-order valence-electron chi connectivity index (χ0n) is 17.0. The van der Waals surface area contributed by atoms with Crippen LogP contribution >= 0.6 is 11.6 Å². The smallest absolute Gasteiger partial charge is 0.272 e. The van der Waals surface area contributed by atoms with E-state index in [4.69, 9.17) is 16.3 Å². The lowest BCUT2D eigenvalue weighted by Crippen LogP contribution is -2.48. The number of hydrogen-bond acceptors (Lipinski definition) is 4. The Hall–Kier alpha value is -2.83. The predicted octanol–water partition coefficient (Wildman–Crippen LogP) is 3.84. The zero-order chi connectivity index (χ0) is 20.9. The van der Waals surface area contributed by atoms with Crippen LogP contribution in [0.5, 0.6) is 5.75 Å². The van der Waals surface area contributed by atoms with Crippen molar-refractivity contribution in [3.63, 3.8) is 0 Å². The van der Waals surface area contributed by atoms with Gasteiger partial charge in [0.05, 0.1) is 0 Å². The van der Waals surface area contributed by atoms with Gasteiger partial charge in [0.25, 0.3) is 5.91 Å². The highest BCUT2D eigenvalue weighted by Crippen LogP contribution is 2.17. The summed E-state index contributed by atoms with van der Waals surface area (Å²) in [7, 11) is 0. The largest absolute Gasteiger partial charge is 0.471 e. The van der Waals surface area contributed by atoms with E-state index < -0.39 is 0 Å². The standard InChI is InChI=1S/C23H25ClN4O2/c1-18-4-2-3-5-19(18)16-26-12-14-27(15-13-26)23(29)22-10-11-25-28(22)17-30-21-8-6-20(24)7-9-21/h2-11H,12-17H2,1H3. The minimum Gasteiger partial charge on any atom is -0.471 e. The molecule has 4 rings (SSSR count). The number of carbonyl (C=O) groups excluding carboxylic acids is 1. The quantitative estimate of drug-likeness (QED) is 0.603. The summed E-state index contributed by atoms with van der Waals surface area (Å²) in [5.41, 5.74) is 3.19. The van der Waals surface area contributed by atoms with E-state index in [1.165, 1.54) is 11.1 Å². The van der Waals surface area contributed by atoms with E-state index in [0.29, 0.717) is 29.6 Å². The second-order valence-corrected chi connectivity index (χ2v) is 7.87. The molecular formula is C23H25ClN4O2. The third-order valence-corrected chi connectivity index (χ3v) is 5.67. The normalized spacial score (nSPS) is 14.7. The van der Waals surface area contributed by atoms with Crippen LogP contribution in [0.3, 0.4) is 0 Å².